The van der Waals surface area contributed by atoms with Crippen LogP contribution in [-0.2, 0) is 0 Å². The molecule has 1 saturated carbocycles. The van der Waals surface area contributed by atoms with Gasteiger partial charge in [-0.15, -0.1) is 0 Å². The molecule has 132 valence electrons. The Morgan fingerprint density at radius 2 is 1.76 bits per heavy atom. The summed E-state index contributed by atoms with van der Waals surface area (Å²) >= 11 is 0. The van der Waals surface area contributed by atoms with Crippen LogP contribution in [0.15, 0.2) is 36.4 Å². The van der Waals surface area contributed by atoms with Crippen molar-refractivity contribution in [3.63, 3.8) is 0 Å². The summed E-state index contributed by atoms with van der Waals surface area (Å²) in [4.78, 5) is 12.5. The van der Waals surface area contributed by atoms with Crippen LogP contribution in [0.2, 0.25) is 0 Å². The van der Waals surface area contributed by atoms with Gasteiger partial charge in [-0.05, 0) is 49.1 Å². The summed E-state index contributed by atoms with van der Waals surface area (Å²) in [5.41, 5.74) is 1.35. The molecular weight excluding hydrogens is 325 g/mol. The zero-order valence-electron chi connectivity index (χ0n) is 14.1. The van der Waals surface area contributed by atoms with Crippen LogP contribution in [0.1, 0.15) is 34.9 Å². The number of methoxy groups -OCH3 is 2. The smallest absolute Gasteiger partial charge is 0.255 e. The van der Waals surface area contributed by atoms with Crippen molar-refractivity contribution in [1.29, 1.82) is 0 Å². The van der Waals surface area contributed by atoms with Crippen LogP contribution in [0.4, 0.5) is 10.1 Å². The molecule has 0 unspecified atom stereocenters. The second-order valence-corrected chi connectivity index (χ2v) is 6.04. The number of ether oxygens (including phenoxy) is 2. The predicted octanol–water partition coefficient (Wildman–Crippen LogP) is 3.54. The molecule has 1 aliphatic carbocycles. The summed E-state index contributed by atoms with van der Waals surface area (Å²) in [5.74, 6) is 0.309. The number of carbonyl (C=O) groups is 1. The van der Waals surface area contributed by atoms with Crippen LogP contribution in [0.5, 0.6) is 11.5 Å². The lowest BCUT2D eigenvalue weighted by atomic mass is 10.0. The van der Waals surface area contributed by atoms with E-state index in [2.05, 4.69) is 5.32 Å². The van der Waals surface area contributed by atoms with Gasteiger partial charge in [0.05, 0.1) is 26.0 Å². The topological polar surface area (TPSA) is 67.8 Å². The van der Waals surface area contributed by atoms with E-state index in [1.807, 2.05) is 0 Å². The van der Waals surface area contributed by atoms with E-state index in [9.17, 15) is 14.3 Å². The van der Waals surface area contributed by atoms with Crippen molar-refractivity contribution in [3.05, 3.63) is 53.3 Å². The molecule has 6 heteroatoms. The quantitative estimate of drug-likeness (QED) is 0.840. The van der Waals surface area contributed by atoms with Crippen LogP contribution in [0.3, 0.4) is 0 Å². The zero-order chi connectivity index (χ0) is 18.0. The molecule has 1 atom stereocenters. The average molecular weight is 345 g/mol. The van der Waals surface area contributed by atoms with E-state index < -0.39 is 17.8 Å². The minimum atomic E-state index is -0.691. The van der Waals surface area contributed by atoms with Crippen LogP contribution >= 0.6 is 0 Å². The van der Waals surface area contributed by atoms with E-state index in [1.54, 1.807) is 12.1 Å². The molecule has 2 N–H and O–H groups in total. The predicted molar refractivity (Wildman–Crippen MR) is 91.6 cm³/mol. The van der Waals surface area contributed by atoms with E-state index in [4.69, 9.17) is 9.47 Å². The second-order valence-electron chi connectivity index (χ2n) is 6.04. The molecule has 1 fully saturated rings. The molecule has 0 heterocycles. The van der Waals surface area contributed by atoms with Crippen molar-refractivity contribution in [2.75, 3.05) is 19.5 Å². The molecule has 0 spiro atoms. The molecule has 2 aromatic carbocycles. The van der Waals surface area contributed by atoms with Gasteiger partial charge < -0.3 is 19.9 Å². The zero-order valence-corrected chi connectivity index (χ0v) is 14.1. The molecule has 25 heavy (non-hydrogen) atoms. The summed E-state index contributed by atoms with van der Waals surface area (Å²) in [7, 11) is 3.02. The Morgan fingerprint density at radius 3 is 2.32 bits per heavy atom. The Bertz CT molecular complexity index is 772. The molecule has 1 amide bonds. The average Bonchev–Trinajstić information content (AvgIpc) is 3.46. The number of anilines is 1. The van der Waals surface area contributed by atoms with Gasteiger partial charge in [0.1, 0.15) is 5.82 Å². The maximum Gasteiger partial charge on any atom is 0.255 e. The van der Waals surface area contributed by atoms with Crippen molar-refractivity contribution in [3.8, 4) is 11.5 Å². The van der Waals surface area contributed by atoms with Crippen molar-refractivity contribution in [1.82, 2.24) is 0 Å². The number of carbonyl (C=O) groups excluding carboxylic acids is 1. The summed E-state index contributed by atoms with van der Waals surface area (Å²) in [5, 5.41) is 13.3. The molecule has 1 aliphatic rings. The minimum Gasteiger partial charge on any atom is -0.493 e. The van der Waals surface area contributed by atoms with E-state index in [0.717, 1.165) is 12.8 Å². The van der Waals surface area contributed by atoms with E-state index in [0.29, 0.717) is 28.3 Å². The van der Waals surface area contributed by atoms with Crippen molar-refractivity contribution < 1.29 is 23.8 Å². The van der Waals surface area contributed by atoms with Gasteiger partial charge in [-0.3, -0.25) is 4.79 Å². The monoisotopic (exact) mass is 345 g/mol. The van der Waals surface area contributed by atoms with Gasteiger partial charge in [0.2, 0.25) is 0 Å². The molecule has 5 nitrogen and oxygen atoms in total. The van der Waals surface area contributed by atoms with Crippen molar-refractivity contribution in [2.45, 2.75) is 18.9 Å². The highest BCUT2D eigenvalue weighted by molar-refractivity contribution is 6.04. The summed E-state index contributed by atoms with van der Waals surface area (Å²) < 4.78 is 23.6. The molecular formula is C19H20FNO4. The van der Waals surface area contributed by atoms with Crippen molar-refractivity contribution >= 4 is 11.6 Å². The number of benzene rings is 2. The fraction of sp³-hybridized carbons (Fsp3) is 0.316. The van der Waals surface area contributed by atoms with Crippen LogP contribution in [0.25, 0.3) is 0 Å². The molecule has 3 rings (SSSR count). The van der Waals surface area contributed by atoms with Gasteiger partial charge in [0.25, 0.3) is 5.91 Å². The number of nitrogens with one attached hydrogen (secondary N) is 1. The van der Waals surface area contributed by atoms with E-state index in [-0.39, 0.29) is 5.92 Å². The lowest BCUT2D eigenvalue weighted by Crippen LogP contribution is -2.15. The van der Waals surface area contributed by atoms with E-state index in [1.165, 1.54) is 38.5 Å². The Kier molecular flexibility index (Phi) is 4.90. The standard InChI is InChI=1S/C19H20FNO4/c1-24-16-9-14(18(22)11-3-4-11)15(10-17(16)25-2)21-19(23)12-5-7-13(20)8-6-12/h5-11,18,22H,3-4H2,1-2H3,(H,21,23)/t18-/m1/s1. The Labute approximate surface area is 145 Å². The minimum absolute atomic E-state index is 0.180. The van der Waals surface area contributed by atoms with Gasteiger partial charge >= 0.3 is 0 Å². The fourth-order valence-corrected chi connectivity index (χ4v) is 2.71. The highest BCUT2D eigenvalue weighted by Gasteiger charge is 2.33. The van der Waals surface area contributed by atoms with Gasteiger partial charge in [-0.1, -0.05) is 0 Å². The summed E-state index contributed by atoms with van der Waals surface area (Å²) in [6.45, 7) is 0. The molecule has 0 radical (unpaired) electrons. The first kappa shape index (κ1) is 17.2. The number of hydrogen-bond donors (Lipinski definition) is 2. The third-order valence-corrected chi connectivity index (χ3v) is 4.30. The number of aliphatic hydroxyl groups excluding tert-OH is 1. The first-order valence-corrected chi connectivity index (χ1v) is 8.04. The largest absolute Gasteiger partial charge is 0.493 e. The number of aliphatic hydroxyl groups is 1. The lowest BCUT2D eigenvalue weighted by Gasteiger charge is -2.19. The maximum absolute atomic E-state index is 13.0. The Morgan fingerprint density at radius 1 is 1.16 bits per heavy atom. The molecule has 0 saturated heterocycles. The highest BCUT2D eigenvalue weighted by Crippen LogP contribution is 2.45. The van der Waals surface area contributed by atoms with Crippen LogP contribution in [-0.4, -0.2) is 25.2 Å². The SMILES string of the molecule is COc1cc(NC(=O)c2ccc(F)cc2)c([C@H](O)C2CC2)cc1OC. The number of amides is 1. The number of halogens is 1. The highest BCUT2D eigenvalue weighted by atomic mass is 19.1. The Hall–Kier alpha value is -2.60. The van der Waals surface area contributed by atoms with Gasteiger partial charge in [-0.2, -0.15) is 0 Å². The lowest BCUT2D eigenvalue weighted by molar-refractivity contribution is 0.102. The molecule has 0 aliphatic heterocycles. The van der Waals surface area contributed by atoms with Crippen LogP contribution < -0.4 is 14.8 Å². The maximum atomic E-state index is 13.0. The first-order valence-electron chi connectivity index (χ1n) is 8.04. The van der Waals surface area contributed by atoms with Gasteiger partial charge in [-0.25, -0.2) is 4.39 Å². The number of hydrogen-bond acceptors (Lipinski definition) is 4. The second kappa shape index (κ2) is 7.11. The summed E-state index contributed by atoms with van der Waals surface area (Å²) in [6.07, 6.45) is 1.20. The normalized spacial score (nSPS) is 14.7. The van der Waals surface area contributed by atoms with Crippen LogP contribution in [0, 0.1) is 11.7 Å². The Balaban J connectivity index is 1.94. The number of rotatable bonds is 6. The third-order valence-electron chi connectivity index (χ3n) is 4.30. The molecule has 2 aromatic rings. The fourth-order valence-electron chi connectivity index (χ4n) is 2.71. The van der Waals surface area contributed by atoms with Gasteiger partial charge in [0, 0.05) is 17.2 Å². The van der Waals surface area contributed by atoms with Gasteiger partial charge in [0.15, 0.2) is 11.5 Å². The molecule has 0 bridgehead atoms. The third kappa shape index (κ3) is 3.74. The summed E-state index contributed by atoms with van der Waals surface area (Å²) in [6, 6.07) is 8.57. The molecule has 0 aromatic heterocycles. The van der Waals surface area contributed by atoms with Crippen molar-refractivity contribution in [2.24, 2.45) is 5.92 Å². The van der Waals surface area contributed by atoms with E-state index >= 15 is 0 Å². The first-order chi connectivity index (χ1) is 12.0.